The second-order valence-electron chi connectivity index (χ2n) is 1.37. The zero-order valence-corrected chi connectivity index (χ0v) is 7.41. The van der Waals surface area contributed by atoms with Gasteiger partial charge < -0.3 is 0 Å². The van der Waals surface area contributed by atoms with Gasteiger partial charge >= 0.3 is 57.6 Å². The van der Waals surface area contributed by atoms with E-state index in [-0.39, 0.29) is 0 Å². The number of allylic oxidation sites excluding steroid dienone is 1. The van der Waals surface area contributed by atoms with Crippen LogP contribution in [0.15, 0.2) is 12.3 Å². The Kier molecular flexibility index (Phi) is 1.73. The van der Waals surface area contributed by atoms with Gasteiger partial charge in [0.25, 0.3) is 0 Å². The molecule has 1 heterocycles. The number of rotatable bonds is 0. The fourth-order valence-electron chi connectivity index (χ4n) is 0.462. The van der Waals surface area contributed by atoms with Crippen LogP contribution in [0.25, 0.3) is 0 Å². The van der Waals surface area contributed by atoms with Crippen LogP contribution in [0.1, 0.15) is 0 Å². The Labute approximate surface area is 57.8 Å². The van der Waals surface area contributed by atoms with Gasteiger partial charge in [-0.15, -0.1) is 0 Å². The standard InChI is InChI=1S/C4H4NO2.In/c1-2-3-5-4(6)7;/h1-3H,(H,6,7);/q-1;+1. The fraction of sp³-hybridized carbons (Fsp3) is 0. The van der Waals surface area contributed by atoms with Crippen molar-refractivity contribution < 1.29 is 9.90 Å². The Morgan fingerprint density at radius 1 is 1.75 bits per heavy atom. The zero-order valence-electron chi connectivity index (χ0n) is 4.11. The van der Waals surface area contributed by atoms with E-state index in [1.807, 2.05) is 3.76 Å². The third kappa shape index (κ3) is 1.12. The molecule has 0 aromatic carbocycles. The monoisotopic (exact) mass is 213 g/mol. The van der Waals surface area contributed by atoms with Gasteiger partial charge in [-0.25, -0.2) is 0 Å². The first-order chi connectivity index (χ1) is 3.80. The van der Waals surface area contributed by atoms with Gasteiger partial charge in [0.05, 0.1) is 0 Å². The molecule has 0 spiro atoms. The normalized spacial score (nSPS) is 14.2. The van der Waals surface area contributed by atoms with Crippen molar-refractivity contribution in [1.82, 2.24) is 2.89 Å². The number of hydrogen-bond acceptors (Lipinski definition) is 1. The molecular formula is C4H4InNO2. The summed E-state index contributed by atoms with van der Waals surface area (Å²) in [5.41, 5.74) is 0. The second-order valence-corrected chi connectivity index (χ2v) is 4.91. The summed E-state index contributed by atoms with van der Waals surface area (Å²) >= 11 is -0.993. The van der Waals surface area contributed by atoms with Gasteiger partial charge in [-0.1, -0.05) is 0 Å². The maximum atomic E-state index is 10.1. The summed E-state index contributed by atoms with van der Waals surface area (Å²) < 4.78 is 3.37. The predicted octanol–water partition coefficient (Wildman–Crippen LogP) is -0.0849. The molecule has 1 amide bonds. The number of carbonyl (C=O) groups is 1. The molecular weight excluding hydrogens is 209 g/mol. The molecule has 0 saturated heterocycles. The van der Waals surface area contributed by atoms with Gasteiger partial charge in [-0.3, -0.25) is 0 Å². The van der Waals surface area contributed by atoms with Crippen molar-refractivity contribution in [3.63, 3.8) is 0 Å². The topological polar surface area (TPSA) is 40.5 Å². The molecule has 0 saturated carbocycles. The quantitative estimate of drug-likeness (QED) is 0.610. The fourth-order valence-corrected chi connectivity index (χ4v) is 2.49. The van der Waals surface area contributed by atoms with Crippen molar-refractivity contribution >= 4 is 32.6 Å². The molecule has 1 rings (SSSR count). The van der Waals surface area contributed by atoms with Crippen LogP contribution < -0.4 is 0 Å². The molecule has 4 heteroatoms. The van der Waals surface area contributed by atoms with Crippen molar-refractivity contribution in [2.45, 2.75) is 0 Å². The van der Waals surface area contributed by atoms with Crippen molar-refractivity contribution in [2.24, 2.45) is 0 Å². The van der Waals surface area contributed by atoms with Gasteiger partial charge in [-0.05, 0) is 0 Å². The van der Waals surface area contributed by atoms with Crippen molar-refractivity contribution in [3.8, 4) is 0 Å². The van der Waals surface area contributed by atoms with Crippen LogP contribution in [-0.4, -0.2) is 40.6 Å². The molecule has 1 N–H and O–H groups in total. The van der Waals surface area contributed by atoms with E-state index in [0.29, 0.717) is 0 Å². The van der Waals surface area contributed by atoms with Gasteiger partial charge in [0.15, 0.2) is 0 Å². The van der Waals surface area contributed by atoms with E-state index in [0.717, 1.165) is 0 Å². The van der Waals surface area contributed by atoms with Crippen LogP contribution in [0.2, 0.25) is 0 Å². The van der Waals surface area contributed by atoms with Gasteiger partial charge in [0, 0.05) is 0 Å². The summed E-state index contributed by atoms with van der Waals surface area (Å²) in [6.07, 6.45) is 2.61. The average Bonchev–Trinajstić information content (AvgIpc) is 2.12. The van der Waals surface area contributed by atoms with Crippen LogP contribution in [0.4, 0.5) is 4.79 Å². The molecule has 3 nitrogen and oxygen atoms in total. The molecule has 0 aliphatic carbocycles. The summed E-state index contributed by atoms with van der Waals surface area (Å²) in [6.45, 7) is 0. The summed E-state index contributed by atoms with van der Waals surface area (Å²) in [6, 6.07) is 0. The van der Waals surface area contributed by atoms with Gasteiger partial charge in [-0.2, -0.15) is 0 Å². The SMILES string of the molecule is O=C(O)[N]1C=C[CH]=[In]1. The van der Waals surface area contributed by atoms with Crippen molar-refractivity contribution in [2.75, 3.05) is 0 Å². The Morgan fingerprint density at radius 3 is 2.75 bits per heavy atom. The first-order valence-corrected chi connectivity index (χ1v) is 5.54. The molecule has 0 unspecified atom stereocenters. The Bertz CT molecular complexity index is 151. The summed E-state index contributed by atoms with van der Waals surface area (Å²) in [5, 5.41) is 8.32. The zero-order chi connectivity index (χ0) is 5.98. The van der Waals surface area contributed by atoms with Crippen LogP contribution in [0.3, 0.4) is 0 Å². The Morgan fingerprint density at radius 2 is 2.50 bits per heavy atom. The summed E-state index contributed by atoms with van der Waals surface area (Å²) in [5.74, 6) is 0. The Balaban J connectivity index is 2.62. The van der Waals surface area contributed by atoms with E-state index in [1.54, 1.807) is 12.3 Å². The predicted molar refractivity (Wildman–Crippen MR) is 30.8 cm³/mol. The van der Waals surface area contributed by atoms with E-state index < -0.39 is 28.8 Å². The van der Waals surface area contributed by atoms with E-state index in [2.05, 4.69) is 0 Å². The molecule has 0 aromatic heterocycles. The van der Waals surface area contributed by atoms with E-state index >= 15 is 0 Å². The van der Waals surface area contributed by atoms with E-state index in [1.165, 1.54) is 2.89 Å². The van der Waals surface area contributed by atoms with Crippen molar-refractivity contribution in [3.05, 3.63) is 12.3 Å². The summed E-state index contributed by atoms with van der Waals surface area (Å²) in [4.78, 5) is 10.1. The number of hydrogen-bond donors (Lipinski definition) is 1. The van der Waals surface area contributed by atoms with Crippen molar-refractivity contribution in [1.29, 1.82) is 0 Å². The molecule has 1 aliphatic rings. The van der Waals surface area contributed by atoms with Crippen LogP contribution in [-0.2, 0) is 0 Å². The third-order valence-electron chi connectivity index (χ3n) is 0.825. The first kappa shape index (κ1) is 5.88. The molecule has 1 aliphatic heterocycles. The molecule has 0 bridgehead atoms. The molecule has 8 heavy (non-hydrogen) atoms. The van der Waals surface area contributed by atoms with Crippen LogP contribution >= 0.6 is 0 Å². The summed E-state index contributed by atoms with van der Waals surface area (Å²) in [7, 11) is 0. The molecule has 0 radical (unpaired) electrons. The van der Waals surface area contributed by atoms with Gasteiger partial charge in [0.2, 0.25) is 0 Å². The van der Waals surface area contributed by atoms with Gasteiger partial charge in [0.1, 0.15) is 0 Å². The van der Waals surface area contributed by atoms with E-state index in [4.69, 9.17) is 5.11 Å². The minimum absolute atomic E-state index is 0.809. The molecule has 0 aromatic rings. The number of amides is 1. The molecule has 0 fully saturated rings. The molecule has 40 valence electrons. The minimum atomic E-state index is -0.993. The molecule has 0 atom stereocenters. The third-order valence-corrected chi connectivity index (χ3v) is 3.99. The van der Waals surface area contributed by atoms with Crippen LogP contribution in [0.5, 0.6) is 0 Å². The first-order valence-electron chi connectivity index (χ1n) is 2.17. The van der Waals surface area contributed by atoms with E-state index in [9.17, 15) is 4.79 Å². The Hall–Kier alpha value is -0.250. The van der Waals surface area contributed by atoms with Crippen LogP contribution in [0, 0.1) is 0 Å². The number of nitrogens with zero attached hydrogens (tertiary/aromatic N) is 1. The average molecular weight is 213 g/mol. The number of carboxylic acid groups (broad SMARTS) is 1. The second kappa shape index (κ2) is 2.35. The maximum absolute atomic E-state index is 10.1.